The molecule has 1 aliphatic heterocycles. The minimum Gasteiger partial charge on any atom is -0.339 e. The largest absolute Gasteiger partial charge is 0.339 e. The summed E-state index contributed by atoms with van der Waals surface area (Å²) >= 11 is 1.87. The molecule has 1 saturated heterocycles. The number of nitrogens with zero attached hydrogens (tertiary/aromatic N) is 2. The Morgan fingerprint density at radius 1 is 1.56 bits per heavy atom. The molecule has 90 valence electrons. The zero-order chi connectivity index (χ0) is 11.2. The minimum absolute atomic E-state index is 0.677. The van der Waals surface area contributed by atoms with Crippen molar-refractivity contribution in [2.24, 2.45) is 5.92 Å². The summed E-state index contributed by atoms with van der Waals surface area (Å²) < 4.78 is 5.26. The van der Waals surface area contributed by atoms with E-state index in [1.54, 1.807) is 0 Å². The Balaban J connectivity index is 1.77. The predicted octanol–water partition coefficient (Wildman–Crippen LogP) is 1.86. The molecule has 4 nitrogen and oxygen atoms in total. The van der Waals surface area contributed by atoms with Crippen LogP contribution in [0.25, 0.3) is 0 Å². The van der Waals surface area contributed by atoms with Gasteiger partial charge in [-0.25, -0.2) is 0 Å². The smallest absolute Gasteiger partial charge is 0.226 e. The second kappa shape index (κ2) is 6.25. The van der Waals surface area contributed by atoms with Gasteiger partial charge in [-0.1, -0.05) is 12.1 Å². The van der Waals surface area contributed by atoms with Crippen molar-refractivity contribution in [2.75, 3.05) is 18.8 Å². The van der Waals surface area contributed by atoms with E-state index in [2.05, 4.69) is 22.4 Å². The molecule has 1 atom stereocenters. The Bertz CT molecular complexity index is 310. The van der Waals surface area contributed by atoms with Gasteiger partial charge < -0.3 is 9.84 Å². The van der Waals surface area contributed by atoms with E-state index in [0.29, 0.717) is 5.92 Å². The summed E-state index contributed by atoms with van der Waals surface area (Å²) in [6, 6.07) is 0. The summed E-state index contributed by atoms with van der Waals surface area (Å²) in [5.74, 6) is 4.37. The molecule has 0 aliphatic carbocycles. The van der Waals surface area contributed by atoms with E-state index >= 15 is 0 Å². The van der Waals surface area contributed by atoms with Crippen LogP contribution in [-0.4, -0.2) is 29.0 Å². The Morgan fingerprint density at radius 2 is 2.50 bits per heavy atom. The SMILES string of the molecule is CCCSCc1noc(CC2CCNC2)n1. The summed E-state index contributed by atoms with van der Waals surface area (Å²) in [5, 5.41) is 7.35. The molecule has 1 aromatic rings. The van der Waals surface area contributed by atoms with Crippen LogP contribution < -0.4 is 5.32 Å². The molecular formula is C11H19N3OS. The lowest BCUT2D eigenvalue weighted by atomic mass is 10.1. The molecule has 1 aromatic heterocycles. The monoisotopic (exact) mass is 241 g/mol. The predicted molar refractivity (Wildman–Crippen MR) is 65.4 cm³/mol. The Morgan fingerprint density at radius 3 is 3.25 bits per heavy atom. The summed E-state index contributed by atoms with van der Waals surface area (Å²) in [6.45, 7) is 4.39. The maximum Gasteiger partial charge on any atom is 0.226 e. The first-order chi connectivity index (χ1) is 7.88. The fraction of sp³-hybridized carbons (Fsp3) is 0.818. The number of thioether (sulfide) groups is 1. The highest BCUT2D eigenvalue weighted by Crippen LogP contribution is 2.15. The van der Waals surface area contributed by atoms with Crippen LogP contribution in [0.1, 0.15) is 31.5 Å². The van der Waals surface area contributed by atoms with Gasteiger partial charge in [-0.2, -0.15) is 16.7 Å². The molecule has 0 spiro atoms. The van der Waals surface area contributed by atoms with Crippen molar-refractivity contribution in [1.29, 1.82) is 0 Å². The molecule has 0 aromatic carbocycles. The first kappa shape index (κ1) is 11.9. The van der Waals surface area contributed by atoms with Crippen molar-refractivity contribution in [1.82, 2.24) is 15.5 Å². The highest BCUT2D eigenvalue weighted by atomic mass is 32.2. The van der Waals surface area contributed by atoms with Gasteiger partial charge in [-0.15, -0.1) is 0 Å². The molecule has 1 aliphatic rings. The number of hydrogen-bond acceptors (Lipinski definition) is 5. The Kier molecular flexibility index (Phi) is 4.66. The van der Waals surface area contributed by atoms with Crippen molar-refractivity contribution in [3.63, 3.8) is 0 Å². The van der Waals surface area contributed by atoms with E-state index < -0.39 is 0 Å². The maximum absolute atomic E-state index is 5.26. The van der Waals surface area contributed by atoms with Crippen LogP contribution in [-0.2, 0) is 12.2 Å². The van der Waals surface area contributed by atoms with Gasteiger partial charge in [0.2, 0.25) is 5.89 Å². The van der Waals surface area contributed by atoms with E-state index in [4.69, 9.17) is 4.52 Å². The molecule has 1 unspecified atom stereocenters. The molecule has 1 N–H and O–H groups in total. The second-order valence-electron chi connectivity index (χ2n) is 4.22. The number of hydrogen-bond donors (Lipinski definition) is 1. The molecular weight excluding hydrogens is 222 g/mol. The fourth-order valence-electron chi connectivity index (χ4n) is 1.88. The van der Waals surface area contributed by atoms with Crippen molar-refractivity contribution in [3.8, 4) is 0 Å². The van der Waals surface area contributed by atoms with Gasteiger partial charge in [-0.3, -0.25) is 0 Å². The fourth-order valence-corrected chi connectivity index (χ4v) is 2.61. The molecule has 0 amide bonds. The molecule has 16 heavy (non-hydrogen) atoms. The molecule has 2 heterocycles. The molecule has 0 saturated carbocycles. The molecule has 0 radical (unpaired) electrons. The average molecular weight is 241 g/mol. The van der Waals surface area contributed by atoms with E-state index in [-0.39, 0.29) is 0 Å². The third kappa shape index (κ3) is 3.49. The number of nitrogens with one attached hydrogen (secondary N) is 1. The maximum atomic E-state index is 5.26. The van der Waals surface area contributed by atoms with E-state index in [1.165, 1.54) is 12.8 Å². The van der Waals surface area contributed by atoms with Crippen LogP contribution in [0, 0.1) is 5.92 Å². The third-order valence-electron chi connectivity index (χ3n) is 2.72. The third-order valence-corrected chi connectivity index (χ3v) is 3.87. The molecule has 2 rings (SSSR count). The Hall–Kier alpha value is -0.550. The molecule has 0 bridgehead atoms. The second-order valence-corrected chi connectivity index (χ2v) is 5.33. The van der Waals surface area contributed by atoms with Crippen LogP contribution >= 0.6 is 11.8 Å². The highest BCUT2D eigenvalue weighted by Gasteiger charge is 2.18. The molecule has 5 heteroatoms. The molecule has 1 fully saturated rings. The average Bonchev–Trinajstić information content (AvgIpc) is 2.91. The van der Waals surface area contributed by atoms with Crippen LogP contribution in [0.2, 0.25) is 0 Å². The summed E-state index contributed by atoms with van der Waals surface area (Å²) in [5.41, 5.74) is 0. The highest BCUT2D eigenvalue weighted by molar-refractivity contribution is 7.98. The summed E-state index contributed by atoms with van der Waals surface area (Å²) in [7, 11) is 0. The number of aromatic nitrogens is 2. The van der Waals surface area contributed by atoms with Gasteiger partial charge >= 0.3 is 0 Å². The lowest BCUT2D eigenvalue weighted by Gasteiger charge is -2.01. The van der Waals surface area contributed by atoms with Gasteiger partial charge in [0.1, 0.15) is 0 Å². The lowest BCUT2D eigenvalue weighted by Crippen LogP contribution is -2.10. The first-order valence-corrected chi connectivity index (χ1v) is 7.14. The zero-order valence-electron chi connectivity index (χ0n) is 9.74. The lowest BCUT2D eigenvalue weighted by molar-refractivity contribution is 0.354. The Labute approximate surface area is 101 Å². The quantitative estimate of drug-likeness (QED) is 0.770. The van der Waals surface area contributed by atoms with Gasteiger partial charge in [0.25, 0.3) is 0 Å². The topological polar surface area (TPSA) is 51.0 Å². The van der Waals surface area contributed by atoms with Crippen molar-refractivity contribution in [2.45, 2.75) is 31.9 Å². The van der Waals surface area contributed by atoms with Gasteiger partial charge in [-0.05, 0) is 37.6 Å². The normalized spacial score (nSPS) is 20.4. The van der Waals surface area contributed by atoms with E-state index in [9.17, 15) is 0 Å². The first-order valence-electron chi connectivity index (χ1n) is 5.98. The van der Waals surface area contributed by atoms with Gasteiger partial charge in [0.15, 0.2) is 5.82 Å². The van der Waals surface area contributed by atoms with Gasteiger partial charge in [0, 0.05) is 6.42 Å². The van der Waals surface area contributed by atoms with Crippen molar-refractivity contribution in [3.05, 3.63) is 11.7 Å². The van der Waals surface area contributed by atoms with Crippen LogP contribution in [0.4, 0.5) is 0 Å². The standard InChI is InChI=1S/C11H19N3OS/c1-2-5-16-8-10-13-11(15-14-10)6-9-3-4-12-7-9/h9,12H,2-8H2,1H3. The summed E-state index contributed by atoms with van der Waals surface area (Å²) in [4.78, 5) is 4.42. The summed E-state index contributed by atoms with van der Waals surface area (Å²) in [6.07, 6.45) is 3.35. The number of rotatable bonds is 6. The van der Waals surface area contributed by atoms with Crippen LogP contribution in [0.3, 0.4) is 0 Å². The van der Waals surface area contributed by atoms with E-state index in [0.717, 1.165) is 42.7 Å². The van der Waals surface area contributed by atoms with Crippen LogP contribution in [0.5, 0.6) is 0 Å². The minimum atomic E-state index is 0.677. The van der Waals surface area contributed by atoms with Crippen LogP contribution in [0.15, 0.2) is 4.52 Å². The van der Waals surface area contributed by atoms with Crippen molar-refractivity contribution >= 4 is 11.8 Å². The van der Waals surface area contributed by atoms with Gasteiger partial charge in [0.05, 0.1) is 5.75 Å². The zero-order valence-corrected chi connectivity index (χ0v) is 10.6. The van der Waals surface area contributed by atoms with E-state index in [1.807, 2.05) is 11.8 Å². The van der Waals surface area contributed by atoms with Crippen molar-refractivity contribution < 1.29 is 4.52 Å².